The van der Waals surface area contributed by atoms with Crippen molar-refractivity contribution in [3.63, 3.8) is 0 Å². The van der Waals surface area contributed by atoms with Gasteiger partial charge in [-0.2, -0.15) is 0 Å². The van der Waals surface area contributed by atoms with Crippen molar-refractivity contribution < 1.29 is 4.74 Å². The molecule has 0 fully saturated rings. The van der Waals surface area contributed by atoms with Gasteiger partial charge in [0.15, 0.2) is 0 Å². The van der Waals surface area contributed by atoms with Crippen LogP contribution in [0.15, 0.2) is 49.6 Å². The highest BCUT2D eigenvalue weighted by Gasteiger charge is 2.12. The van der Waals surface area contributed by atoms with Crippen molar-refractivity contribution in [2.75, 3.05) is 6.61 Å². The normalized spacial score (nSPS) is 10.3. The molecule has 0 unspecified atom stereocenters. The van der Waals surface area contributed by atoms with Gasteiger partial charge in [0.25, 0.3) is 0 Å². The Bertz CT molecular complexity index is 587. The number of hydrogen-bond acceptors (Lipinski definition) is 2. The molecule has 0 atom stereocenters. The Morgan fingerprint density at radius 2 is 2.00 bits per heavy atom. The van der Waals surface area contributed by atoms with Gasteiger partial charge >= 0.3 is 0 Å². The summed E-state index contributed by atoms with van der Waals surface area (Å²) in [7, 11) is 0. The van der Waals surface area contributed by atoms with Crippen LogP contribution in [0.5, 0.6) is 5.75 Å². The molecular formula is C16H17NO. The summed E-state index contributed by atoms with van der Waals surface area (Å²) in [4.78, 5) is 4.61. The number of aromatic nitrogens is 1. The number of fused-ring (bicyclic) bond motifs is 1. The Kier molecular flexibility index (Phi) is 3.78. The second-order valence-corrected chi connectivity index (χ2v) is 4.11. The van der Waals surface area contributed by atoms with E-state index in [0.717, 1.165) is 34.3 Å². The molecule has 0 N–H and O–H groups in total. The number of ether oxygens (including phenoxy) is 1. The molecular weight excluding hydrogens is 222 g/mol. The van der Waals surface area contributed by atoms with Gasteiger partial charge in [-0.1, -0.05) is 30.9 Å². The molecule has 18 heavy (non-hydrogen) atoms. The monoisotopic (exact) mass is 239 g/mol. The number of rotatable bonds is 5. The van der Waals surface area contributed by atoms with Crippen LogP contribution in [-0.2, 0) is 6.42 Å². The number of pyridine rings is 1. The molecule has 0 aliphatic carbocycles. The Hall–Kier alpha value is -2.09. The van der Waals surface area contributed by atoms with Gasteiger partial charge < -0.3 is 4.74 Å². The molecule has 1 heterocycles. The zero-order valence-corrected chi connectivity index (χ0v) is 10.6. The first-order valence-electron chi connectivity index (χ1n) is 6.00. The van der Waals surface area contributed by atoms with E-state index in [0.29, 0.717) is 6.61 Å². The largest absolute Gasteiger partial charge is 0.488 e. The van der Waals surface area contributed by atoms with E-state index >= 15 is 0 Å². The average molecular weight is 239 g/mol. The van der Waals surface area contributed by atoms with Crippen LogP contribution in [0.4, 0.5) is 0 Å². The van der Waals surface area contributed by atoms with Crippen molar-refractivity contribution in [3.05, 3.63) is 60.8 Å². The van der Waals surface area contributed by atoms with E-state index in [-0.39, 0.29) is 0 Å². The lowest BCUT2D eigenvalue weighted by atomic mass is 10.0. The average Bonchev–Trinajstić information content (AvgIpc) is 2.38. The van der Waals surface area contributed by atoms with Gasteiger partial charge in [-0.15, -0.1) is 6.58 Å². The van der Waals surface area contributed by atoms with E-state index in [2.05, 4.69) is 18.1 Å². The predicted molar refractivity (Wildman–Crippen MR) is 76.1 cm³/mol. The highest BCUT2D eigenvalue weighted by atomic mass is 16.5. The highest BCUT2D eigenvalue weighted by Crippen LogP contribution is 2.31. The zero-order valence-electron chi connectivity index (χ0n) is 10.6. The van der Waals surface area contributed by atoms with Gasteiger partial charge in [0, 0.05) is 16.6 Å². The third kappa shape index (κ3) is 2.28. The minimum absolute atomic E-state index is 0.498. The minimum atomic E-state index is 0.498. The molecule has 0 saturated heterocycles. The van der Waals surface area contributed by atoms with Crippen molar-refractivity contribution in [1.82, 2.24) is 4.98 Å². The lowest BCUT2D eigenvalue weighted by Crippen LogP contribution is -2.02. The fraction of sp³-hybridized carbons (Fsp3) is 0.188. The number of benzene rings is 1. The lowest BCUT2D eigenvalue weighted by Gasteiger charge is -2.14. The van der Waals surface area contributed by atoms with Crippen molar-refractivity contribution in [1.29, 1.82) is 0 Å². The molecule has 2 rings (SSSR count). The first-order valence-corrected chi connectivity index (χ1v) is 6.00. The maximum atomic E-state index is 5.83. The number of para-hydroxylation sites is 1. The smallest absolute Gasteiger partial charge is 0.134 e. The van der Waals surface area contributed by atoms with Gasteiger partial charge in [-0.05, 0) is 25.5 Å². The van der Waals surface area contributed by atoms with Gasteiger partial charge in [0.05, 0.1) is 5.52 Å². The molecule has 0 bridgehead atoms. The molecule has 0 radical (unpaired) electrons. The summed E-state index contributed by atoms with van der Waals surface area (Å²) in [6.07, 6.45) is 4.39. The van der Waals surface area contributed by atoms with Crippen molar-refractivity contribution in [2.45, 2.75) is 13.3 Å². The number of nitrogens with zero attached hydrogens (tertiary/aromatic N) is 1. The van der Waals surface area contributed by atoms with Gasteiger partial charge in [-0.3, -0.25) is 4.98 Å². The van der Waals surface area contributed by atoms with Crippen LogP contribution < -0.4 is 4.74 Å². The standard InChI is InChI=1S/C16H17NO/c1-4-8-13-12(3)17-15-10-7-6-9-14(15)16(13)18-11-5-2/h4-7,9-10H,1-2,8,11H2,3H3. The number of hydrogen-bond donors (Lipinski definition) is 0. The summed E-state index contributed by atoms with van der Waals surface area (Å²) in [5.41, 5.74) is 3.06. The molecule has 0 aliphatic rings. The fourth-order valence-corrected chi connectivity index (χ4v) is 2.03. The van der Waals surface area contributed by atoms with Gasteiger partial charge in [0.2, 0.25) is 0 Å². The van der Waals surface area contributed by atoms with E-state index in [1.807, 2.05) is 37.3 Å². The number of allylic oxidation sites excluding steroid dienone is 1. The second kappa shape index (κ2) is 5.50. The summed E-state index contributed by atoms with van der Waals surface area (Å²) in [6.45, 7) is 9.99. The van der Waals surface area contributed by atoms with Crippen LogP contribution >= 0.6 is 0 Å². The molecule has 0 saturated carbocycles. The molecule has 0 amide bonds. The highest BCUT2D eigenvalue weighted by molar-refractivity contribution is 5.86. The van der Waals surface area contributed by atoms with Crippen molar-refractivity contribution >= 4 is 10.9 Å². The first kappa shape index (κ1) is 12.4. The molecule has 1 aromatic heterocycles. The Balaban J connectivity index is 2.66. The quantitative estimate of drug-likeness (QED) is 0.740. The lowest BCUT2D eigenvalue weighted by molar-refractivity contribution is 0.363. The third-order valence-electron chi connectivity index (χ3n) is 2.84. The van der Waals surface area contributed by atoms with Crippen LogP contribution in [0.1, 0.15) is 11.3 Å². The minimum Gasteiger partial charge on any atom is -0.488 e. The number of aryl methyl sites for hydroxylation is 1. The molecule has 1 aromatic carbocycles. The van der Waals surface area contributed by atoms with Crippen LogP contribution in [0.25, 0.3) is 10.9 Å². The van der Waals surface area contributed by atoms with Crippen LogP contribution in [-0.4, -0.2) is 11.6 Å². The Morgan fingerprint density at radius 1 is 1.22 bits per heavy atom. The summed E-state index contributed by atoms with van der Waals surface area (Å²) in [5, 5.41) is 1.04. The second-order valence-electron chi connectivity index (χ2n) is 4.11. The zero-order chi connectivity index (χ0) is 13.0. The molecule has 2 aromatic rings. The molecule has 0 spiro atoms. The maximum absolute atomic E-state index is 5.83. The van der Waals surface area contributed by atoms with E-state index in [9.17, 15) is 0 Å². The van der Waals surface area contributed by atoms with E-state index in [1.54, 1.807) is 6.08 Å². The van der Waals surface area contributed by atoms with Crippen molar-refractivity contribution in [2.24, 2.45) is 0 Å². The molecule has 92 valence electrons. The summed E-state index contributed by atoms with van der Waals surface area (Å²) >= 11 is 0. The van der Waals surface area contributed by atoms with Gasteiger partial charge in [-0.25, -0.2) is 0 Å². The summed E-state index contributed by atoms with van der Waals surface area (Å²) < 4.78 is 5.83. The van der Waals surface area contributed by atoms with Gasteiger partial charge in [0.1, 0.15) is 12.4 Å². The van der Waals surface area contributed by atoms with Crippen LogP contribution in [0, 0.1) is 6.92 Å². The Labute approximate surface area is 108 Å². The topological polar surface area (TPSA) is 22.1 Å². The SMILES string of the molecule is C=CCOc1c(CC=C)c(C)nc2ccccc12. The molecule has 0 aliphatic heterocycles. The Morgan fingerprint density at radius 3 is 2.72 bits per heavy atom. The fourth-order valence-electron chi connectivity index (χ4n) is 2.03. The molecule has 2 heteroatoms. The summed E-state index contributed by atoms with van der Waals surface area (Å²) in [6, 6.07) is 8.02. The van der Waals surface area contributed by atoms with Crippen LogP contribution in [0.2, 0.25) is 0 Å². The van der Waals surface area contributed by atoms with Crippen molar-refractivity contribution in [3.8, 4) is 5.75 Å². The van der Waals surface area contributed by atoms with E-state index in [1.165, 1.54) is 0 Å². The van der Waals surface area contributed by atoms with E-state index < -0.39 is 0 Å². The third-order valence-corrected chi connectivity index (χ3v) is 2.84. The predicted octanol–water partition coefficient (Wildman–Crippen LogP) is 3.84. The van der Waals surface area contributed by atoms with Crippen LogP contribution in [0.3, 0.4) is 0 Å². The summed E-state index contributed by atoms with van der Waals surface area (Å²) in [5.74, 6) is 0.901. The van der Waals surface area contributed by atoms with E-state index in [4.69, 9.17) is 4.74 Å². The maximum Gasteiger partial charge on any atom is 0.134 e. The molecule has 2 nitrogen and oxygen atoms in total. The first-order chi connectivity index (χ1) is 8.77.